The van der Waals surface area contributed by atoms with Gasteiger partial charge in [-0.3, -0.25) is 0 Å². The fraction of sp³-hybridized carbons (Fsp3) is 0.900. The summed E-state index contributed by atoms with van der Waals surface area (Å²) in [6.07, 6.45) is 0.821. The number of aliphatic carboxylic acids is 1. The van der Waals surface area contributed by atoms with Gasteiger partial charge in [0.1, 0.15) is 0 Å². The zero-order valence-corrected chi connectivity index (χ0v) is 8.91. The maximum Gasteiger partial charge on any atom is 0.333 e. The van der Waals surface area contributed by atoms with Crippen molar-refractivity contribution in [3.05, 3.63) is 0 Å². The first-order valence-corrected chi connectivity index (χ1v) is 4.78. The summed E-state index contributed by atoms with van der Waals surface area (Å²) in [5.41, 5.74) is -0.783. The molecule has 14 heavy (non-hydrogen) atoms. The normalized spacial score (nSPS) is 21.7. The van der Waals surface area contributed by atoms with E-state index in [0.29, 0.717) is 0 Å². The van der Waals surface area contributed by atoms with Crippen molar-refractivity contribution >= 4 is 5.97 Å². The molecule has 0 radical (unpaired) electrons. The molecule has 0 heterocycles. The fourth-order valence-corrected chi connectivity index (χ4v) is 2.15. The van der Waals surface area contributed by atoms with Crippen LogP contribution in [0, 0.1) is 10.8 Å². The van der Waals surface area contributed by atoms with Crippen molar-refractivity contribution in [2.75, 3.05) is 13.7 Å². The largest absolute Gasteiger partial charge is 0.479 e. The van der Waals surface area contributed by atoms with Crippen molar-refractivity contribution in [3.63, 3.8) is 0 Å². The quantitative estimate of drug-likeness (QED) is 0.694. The number of aliphatic hydroxyl groups is 1. The molecular weight excluding hydrogens is 184 g/mol. The minimum atomic E-state index is -0.938. The van der Waals surface area contributed by atoms with E-state index in [-0.39, 0.29) is 12.0 Å². The van der Waals surface area contributed by atoms with Crippen molar-refractivity contribution in [1.29, 1.82) is 0 Å². The van der Waals surface area contributed by atoms with E-state index in [9.17, 15) is 9.90 Å². The van der Waals surface area contributed by atoms with Gasteiger partial charge in [0.05, 0.1) is 0 Å². The van der Waals surface area contributed by atoms with Crippen molar-refractivity contribution in [2.24, 2.45) is 10.8 Å². The van der Waals surface area contributed by atoms with E-state index >= 15 is 0 Å². The topological polar surface area (TPSA) is 66.8 Å². The number of hydrogen-bond donors (Lipinski definition) is 2. The highest BCUT2D eigenvalue weighted by atomic mass is 16.5. The molecule has 0 spiro atoms. The molecule has 0 bridgehead atoms. The van der Waals surface area contributed by atoms with Gasteiger partial charge in [0.15, 0.2) is 6.10 Å². The number of ether oxygens (including phenoxy) is 1. The van der Waals surface area contributed by atoms with Crippen molar-refractivity contribution in [2.45, 2.75) is 32.8 Å². The van der Waals surface area contributed by atoms with E-state index < -0.39 is 17.5 Å². The fourth-order valence-electron chi connectivity index (χ4n) is 2.15. The monoisotopic (exact) mass is 202 g/mol. The second kappa shape index (κ2) is 3.51. The van der Waals surface area contributed by atoms with Crippen LogP contribution >= 0.6 is 0 Å². The average molecular weight is 202 g/mol. The van der Waals surface area contributed by atoms with Crippen LogP contribution in [-0.4, -0.2) is 36.0 Å². The summed E-state index contributed by atoms with van der Waals surface area (Å²) in [6.45, 7) is 3.75. The van der Waals surface area contributed by atoms with Crippen molar-refractivity contribution < 1.29 is 19.7 Å². The van der Waals surface area contributed by atoms with E-state index in [2.05, 4.69) is 0 Å². The Hall–Kier alpha value is -0.610. The second-order valence-electron chi connectivity index (χ2n) is 4.65. The molecule has 1 unspecified atom stereocenters. The second-order valence-corrected chi connectivity index (χ2v) is 4.65. The minimum Gasteiger partial charge on any atom is -0.479 e. The van der Waals surface area contributed by atoms with E-state index in [1.807, 2.05) is 13.8 Å². The number of carbonyl (C=O) groups is 1. The first-order valence-electron chi connectivity index (χ1n) is 4.78. The lowest BCUT2D eigenvalue weighted by Gasteiger charge is -2.36. The SMILES string of the molecule is COC(C(=O)O)C1(C(C)(C)CO)CC1. The summed E-state index contributed by atoms with van der Waals surface area (Å²) in [6, 6.07) is 0. The van der Waals surface area contributed by atoms with Crippen LogP contribution in [0.2, 0.25) is 0 Å². The van der Waals surface area contributed by atoms with Crippen molar-refractivity contribution in [3.8, 4) is 0 Å². The van der Waals surface area contributed by atoms with Gasteiger partial charge in [-0.15, -0.1) is 0 Å². The summed E-state index contributed by atoms with van der Waals surface area (Å²) >= 11 is 0. The predicted molar refractivity (Wildman–Crippen MR) is 51.0 cm³/mol. The highest BCUT2D eigenvalue weighted by molar-refractivity contribution is 5.74. The molecule has 82 valence electrons. The Kier molecular flexibility index (Phi) is 2.88. The number of methoxy groups -OCH3 is 1. The van der Waals surface area contributed by atoms with Crippen LogP contribution in [-0.2, 0) is 9.53 Å². The van der Waals surface area contributed by atoms with E-state index in [1.54, 1.807) is 0 Å². The lowest BCUT2D eigenvalue weighted by Crippen LogP contribution is -2.44. The molecule has 4 nitrogen and oxygen atoms in total. The van der Waals surface area contributed by atoms with Gasteiger partial charge in [-0.1, -0.05) is 13.8 Å². The third-order valence-corrected chi connectivity index (χ3v) is 3.49. The Labute approximate surface area is 83.9 Å². The summed E-state index contributed by atoms with van der Waals surface area (Å²) in [5, 5.41) is 18.2. The Morgan fingerprint density at radius 3 is 2.29 bits per heavy atom. The lowest BCUT2D eigenvalue weighted by molar-refractivity contribution is -0.158. The first-order chi connectivity index (χ1) is 6.41. The van der Waals surface area contributed by atoms with Crippen LogP contribution in [0.1, 0.15) is 26.7 Å². The maximum absolute atomic E-state index is 11.0. The summed E-state index contributed by atoms with van der Waals surface area (Å²) < 4.78 is 5.02. The van der Waals surface area contributed by atoms with Gasteiger partial charge in [-0.2, -0.15) is 0 Å². The number of carboxylic acids is 1. The van der Waals surface area contributed by atoms with Gasteiger partial charge in [-0.25, -0.2) is 4.79 Å². The van der Waals surface area contributed by atoms with Gasteiger partial charge in [0.25, 0.3) is 0 Å². The van der Waals surface area contributed by atoms with Gasteiger partial charge >= 0.3 is 5.97 Å². The molecule has 1 atom stereocenters. The average Bonchev–Trinajstić information content (AvgIpc) is 2.86. The van der Waals surface area contributed by atoms with E-state index in [0.717, 1.165) is 12.8 Å². The van der Waals surface area contributed by atoms with Crippen LogP contribution in [0.3, 0.4) is 0 Å². The van der Waals surface area contributed by atoms with Crippen LogP contribution in [0.5, 0.6) is 0 Å². The number of rotatable bonds is 5. The molecule has 1 fully saturated rings. The van der Waals surface area contributed by atoms with Gasteiger partial charge < -0.3 is 14.9 Å². The third-order valence-electron chi connectivity index (χ3n) is 3.49. The predicted octanol–water partition coefficient (Wildman–Crippen LogP) is 0.885. The van der Waals surface area contributed by atoms with Gasteiger partial charge in [0, 0.05) is 19.1 Å². The molecule has 0 aliphatic heterocycles. The Morgan fingerprint density at radius 2 is 2.07 bits per heavy atom. The minimum absolute atomic E-state index is 0.0137. The molecule has 2 N–H and O–H groups in total. The standard InChI is InChI=1S/C10H18O4/c1-9(2,6-11)10(4-5-10)7(14-3)8(12)13/h7,11H,4-6H2,1-3H3,(H,12,13). The van der Waals surface area contributed by atoms with Crippen LogP contribution in [0.4, 0.5) is 0 Å². The molecule has 1 aliphatic rings. The Balaban J connectivity index is 2.89. The molecule has 0 amide bonds. The zero-order valence-electron chi connectivity index (χ0n) is 8.91. The first kappa shape index (κ1) is 11.5. The number of hydrogen-bond acceptors (Lipinski definition) is 3. The lowest BCUT2D eigenvalue weighted by atomic mass is 9.73. The number of aliphatic hydroxyl groups excluding tert-OH is 1. The van der Waals surface area contributed by atoms with Crippen LogP contribution in [0.15, 0.2) is 0 Å². The smallest absolute Gasteiger partial charge is 0.333 e. The van der Waals surface area contributed by atoms with E-state index in [1.165, 1.54) is 7.11 Å². The number of carboxylic acid groups (broad SMARTS) is 1. The Morgan fingerprint density at radius 1 is 1.57 bits per heavy atom. The highest BCUT2D eigenvalue weighted by Crippen LogP contribution is 2.61. The van der Waals surface area contributed by atoms with Gasteiger partial charge in [0.2, 0.25) is 0 Å². The zero-order chi connectivity index (χ0) is 11.0. The molecule has 0 saturated heterocycles. The highest BCUT2D eigenvalue weighted by Gasteiger charge is 2.61. The summed E-state index contributed by atoms with van der Waals surface area (Å²) in [4.78, 5) is 11.0. The summed E-state index contributed by atoms with van der Waals surface area (Å²) in [7, 11) is 1.41. The maximum atomic E-state index is 11.0. The van der Waals surface area contributed by atoms with Crippen LogP contribution in [0.25, 0.3) is 0 Å². The Bertz CT molecular complexity index is 230. The molecule has 1 aliphatic carbocycles. The van der Waals surface area contributed by atoms with Crippen molar-refractivity contribution in [1.82, 2.24) is 0 Å². The molecule has 0 aromatic heterocycles. The molecule has 1 rings (SSSR count). The molecule has 1 saturated carbocycles. The molecule has 0 aromatic carbocycles. The molecular formula is C10H18O4. The molecule has 0 aromatic rings. The van der Waals surface area contributed by atoms with E-state index in [4.69, 9.17) is 9.84 Å². The third kappa shape index (κ3) is 1.53. The van der Waals surface area contributed by atoms with Gasteiger partial charge in [-0.05, 0) is 18.3 Å². The molecule has 4 heteroatoms. The van der Waals surface area contributed by atoms with Crippen LogP contribution < -0.4 is 0 Å². The summed E-state index contributed by atoms with van der Waals surface area (Å²) in [5.74, 6) is -0.938.